The van der Waals surface area contributed by atoms with Gasteiger partial charge in [0.15, 0.2) is 0 Å². The highest BCUT2D eigenvalue weighted by molar-refractivity contribution is 9.10. The summed E-state index contributed by atoms with van der Waals surface area (Å²) in [6.07, 6.45) is 0. The molecule has 1 heterocycles. The van der Waals surface area contributed by atoms with Crippen molar-refractivity contribution in [1.82, 2.24) is 14.9 Å². The van der Waals surface area contributed by atoms with Crippen LogP contribution < -0.4 is 16.4 Å². The quantitative estimate of drug-likeness (QED) is 0.642. The van der Waals surface area contributed by atoms with E-state index in [-0.39, 0.29) is 11.9 Å². The van der Waals surface area contributed by atoms with Crippen molar-refractivity contribution in [2.45, 2.75) is 26.4 Å². The molecule has 0 fully saturated rings. The molecule has 6 nitrogen and oxygen atoms in total. The summed E-state index contributed by atoms with van der Waals surface area (Å²) in [4.78, 5) is 38.9. The minimum atomic E-state index is -0.696. The van der Waals surface area contributed by atoms with E-state index < -0.39 is 11.1 Å². The molecule has 3 rings (SSSR count). The number of aromatic nitrogens is 2. The number of hydrogen-bond acceptors (Lipinski definition) is 3. The van der Waals surface area contributed by atoms with Gasteiger partial charge < -0.3 is 14.9 Å². The Morgan fingerprint density at radius 2 is 1.96 bits per heavy atom. The highest BCUT2D eigenvalue weighted by Gasteiger charge is 2.15. The molecule has 0 aliphatic carbocycles. The van der Waals surface area contributed by atoms with Gasteiger partial charge in [-0.05, 0) is 43.7 Å². The van der Waals surface area contributed by atoms with Crippen LogP contribution in [0.4, 0.5) is 0 Å². The van der Waals surface area contributed by atoms with Gasteiger partial charge in [-0.3, -0.25) is 14.4 Å². The lowest BCUT2D eigenvalue weighted by Gasteiger charge is -2.16. The summed E-state index contributed by atoms with van der Waals surface area (Å²) in [5.41, 5.74) is 1.13. The van der Waals surface area contributed by atoms with Gasteiger partial charge in [-0.1, -0.05) is 34.1 Å². The van der Waals surface area contributed by atoms with Crippen molar-refractivity contribution in [3.8, 4) is 0 Å². The second kappa shape index (κ2) is 7.29. The molecule has 0 aliphatic rings. The fraction of sp³-hybridized carbons (Fsp3) is 0.211. The third-order valence-electron chi connectivity index (χ3n) is 4.27. The van der Waals surface area contributed by atoms with Crippen LogP contribution in [0.1, 0.15) is 35.8 Å². The summed E-state index contributed by atoms with van der Waals surface area (Å²) in [6, 6.07) is 12.4. The molecular weight excluding hydrogens is 398 g/mol. The van der Waals surface area contributed by atoms with Crippen LogP contribution >= 0.6 is 15.9 Å². The molecule has 1 aromatic heterocycles. The number of aryl methyl sites for hydroxylation is 1. The molecule has 0 unspecified atom stereocenters. The van der Waals surface area contributed by atoms with E-state index >= 15 is 0 Å². The van der Waals surface area contributed by atoms with Crippen molar-refractivity contribution in [1.29, 1.82) is 0 Å². The van der Waals surface area contributed by atoms with Crippen molar-refractivity contribution in [3.63, 3.8) is 0 Å². The molecule has 2 aromatic carbocycles. The number of carbonyl (C=O) groups is 1. The first-order valence-corrected chi connectivity index (χ1v) is 9.03. The number of nitrogens with zero attached hydrogens (tertiary/aromatic N) is 1. The summed E-state index contributed by atoms with van der Waals surface area (Å²) in [7, 11) is 0. The van der Waals surface area contributed by atoms with Crippen LogP contribution in [0.25, 0.3) is 11.0 Å². The van der Waals surface area contributed by atoms with Crippen molar-refractivity contribution < 1.29 is 4.79 Å². The van der Waals surface area contributed by atoms with E-state index in [2.05, 4.69) is 26.2 Å². The smallest absolute Gasteiger partial charge is 0.316 e. The Hall–Kier alpha value is -2.67. The maximum absolute atomic E-state index is 12.6. The summed E-state index contributed by atoms with van der Waals surface area (Å²) in [6.45, 7) is 4.07. The summed E-state index contributed by atoms with van der Waals surface area (Å²) in [5.74, 6) is -0.259. The fourth-order valence-corrected chi connectivity index (χ4v) is 3.55. The Bertz CT molecular complexity index is 1100. The van der Waals surface area contributed by atoms with Gasteiger partial charge in [0.1, 0.15) is 0 Å². The third-order valence-corrected chi connectivity index (χ3v) is 4.99. The lowest BCUT2D eigenvalue weighted by molar-refractivity contribution is 0.0940. The van der Waals surface area contributed by atoms with E-state index in [1.807, 2.05) is 31.2 Å². The number of H-pyrrole nitrogens is 1. The van der Waals surface area contributed by atoms with E-state index in [4.69, 9.17) is 0 Å². The second-order valence-electron chi connectivity index (χ2n) is 5.95. The Balaban J connectivity index is 1.94. The number of nitrogens with one attached hydrogen (secondary N) is 2. The van der Waals surface area contributed by atoms with Gasteiger partial charge in [-0.15, -0.1) is 0 Å². The monoisotopic (exact) mass is 415 g/mol. The maximum Gasteiger partial charge on any atom is 0.316 e. The first-order chi connectivity index (χ1) is 12.4. The van der Waals surface area contributed by atoms with Crippen LogP contribution in [-0.2, 0) is 6.54 Å². The molecule has 1 amide bonds. The molecule has 3 aromatic rings. The molecule has 1 atom stereocenters. The Labute approximate surface area is 158 Å². The maximum atomic E-state index is 12.6. The molecule has 134 valence electrons. The number of amides is 1. The van der Waals surface area contributed by atoms with E-state index in [0.717, 1.165) is 10.0 Å². The highest BCUT2D eigenvalue weighted by Crippen LogP contribution is 2.23. The number of rotatable bonds is 4. The van der Waals surface area contributed by atoms with Crippen molar-refractivity contribution >= 4 is 32.9 Å². The normalized spacial score (nSPS) is 12.1. The minimum Gasteiger partial charge on any atom is -0.345 e. The molecule has 2 N–H and O–H groups in total. The Morgan fingerprint density at radius 3 is 2.65 bits per heavy atom. The standard InChI is InChI=1S/C19H18BrN3O3/c1-3-23-16-9-8-12(10-15(16)22-18(25)19(23)26)17(24)21-11(2)13-6-4-5-7-14(13)20/h4-11H,3H2,1-2H3,(H,21,24)(H,22,25)/t11-/m0/s1. The second-order valence-corrected chi connectivity index (χ2v) is 6.81. The highest BCUT2D eigenvalue weighted by atomic mass is 79.9. The summed E-state index contributed by atoms with van der Waals surface area (Å²) in [5, 5.41) is 2.94. The molecule has 0 saturated heterocycles. The van der Waals surface area contributed by atoms with Gasteiger partial charge in [0.25, 0.3) is 5.91 Å². The van der Waals surface area contributed by atoms with Crippen LogP contribution in [0.15, 0.2) is 56.5 Å². The van der Waals surface area contributed by atoms with Crippen molar-refractivity contribution in [2.24, 2.45) is 0 Å². The number of hydrogen-bond donors (Lipinski definition) is 2. The van der Waals surface area contributed by atoms with E-state index in [9.17, 15) is 14.4 Å². The average molecular weight is 416 g/mol. The zero-order valence-corrected chi connectivity index (χ0v) is 16.0. The number of fused-ring (bicyclic) bond motifs is 1. The van der Waals surface area contributed by atoms with Gasteiger partial charge >= 0.3 is 11.1 Å². The molecule has 0 saturated carbocycles. The van der Waals surface area contributed by atoms with E-state index in [1.165, 1.54) is 4.57 Å². The summed E-state index contributed by atoms with van der Waals surface area (Å²) >= 11 is 3.48. The molecule has 0 spiro atoms. The molecule has 7 heteroatoms. The predicted molar refractivity (Wildman–Crippen MR) is 105 cm³/mol. The minimum absolute atomic E-state index is 0.197. The van der Waals surface area contributed by atoms with Crippen LogP contribution in [0, 0.1) is 0 Å². The van der Waals surface area contributed by atoms with Gasteiger partial charge in [-0.2, -0.15) is 0 Å². The van der Waals surface area contributed by atoms with Gasteiger partial charge in [0, 0.05) is 16.6 Å². The molecular formula is C19H18BrN3O3. The first kappa shape index (κ1) is 18.1. The van der Waals surface area contributed by atoms with Crippen molar-refractivity contribution in [2.75, 3.05) is 0 Å². The first-order valence-electron chi connectivity index (χ1n) is 8.24. The lowest BCUT2D eigenvalue weighted by atomic mass is 10.1. The molecule has 0 bridgehead atoms. The average Bonchev–Trinajstić information content (AvgIpc) is 2.62. The van der Waals surface area contributed by atoms with Gasteiger partial charge in [0.05, 0.1) is 17.1 Å². The van der Waals surface area contributed by atoms with Crippen LogP contribution in [0.5, 0.6) is 0 Å². The summed E-state index contributed by atoms with van der Waals surface area (Å²) < 4.78 is 2.31. The number of aromatic amines is 1. The van der Waals surface area contributed by atoms with Crippen LogP contribution in [-0.4, -0.2) is 15.5 Å². The number of carbonyl (C=O) groups excluding carboxylic acids is 1. The fourth-order valence-electron chi connectivity index (χ4n) is 2.92. The SMILES string of the molecule is CCn1c(=O)c(=O)[nH]c2cc(C(=O)N[C@@H](C)c3ccccc3Br)ccc21. The van der Waals surface area contributed by atoms with Crippen LogP contribution in [0.2, 0.25) is 0 Å². The van der Waals surface area contributed by atoms with Gasteiger partial charge in [0.2, 0.25) is 0 Å². The zero-order valence-electron chi connectivity index (χ0n) is 14.4. The number of halogens is 1. The Kier molecular flexibility index (Phi) is 5.08. The van der Waals surface area contributed by atoms with E-state index in [0.29, 0.717) is 23.1 Å². The topological polar surface area (TPSA) is 84.0 Å². The Morgan fingerprint density at radius 1 is 1.23 bits per heavy atom. The number of benzene rings is 2. The molecule has 0 radical (unpaired) electrons. The molecule has 26 heavy (non-hydrogen) atoms. The van der Waals surface area contributed by atoms with E-state index in [1.54, 1.807) is 25.1 Å². The third kappa shape index (κ3) is 3.35. The van der Waals surface area contributed by atoms with Crippen molar-refractivity contribution in [3.05, 3.63) is 78.8 Å². The zero-order chi connectivity index (χ0) is 18.8. The largest absolute Gasteiger partial charge is 0.345 e. The van der Waals surface area contributed by atoms with Crippen LogP contribution in [0.3, 0.4) is 0 Å². The predicted octanol–water partition coefficient (Wildman–Crippen LogP) is 2.96. The lowest BCUT2D eigenvalue weighted by Crippen LogP contribution is -2.36. The molecule has 0 aliphatic heterocycles. The van der Waals surface area contributed by atoms with Gasteiger partial charge in [-0.25, -0.2) is 0 Å².